The maximum atomic E-state index is 12.4. The average Bonchev–Trinajstić information content (AvgIpc) is 3.33. The van der Waals surface area contributed by atoms with Gasteiger partial charge in [0, 0.05) is 5.92 Å². The van der Waals surface area contributed by atoms with Crippen molar-refractivity contribution in [1.29, 1.82) is 0 Å². The Morgan fingerprint density at radius 2 is 2.11 bits per heavy atom. The lowest BCUT2D eigenvalue weighted by Gasteiger charge is -2.29. The highest BCUT2D eigenvalue weighted by Gasteiger charge is 2.24. The number of furan rings is 1. The molecular weight excluding hydrogens is 358 g/mol. The summed E-state index contributed by atoms with van der Waals surface area (Å²) in [6.07, 6.45) is 7.05. The highest BCUT2D eigenvalue weighted by molar-refractivity contribution is 7.21. The fourth-order valence-corrected chi connectivity index (χ4v) is 4.29. The fourth-order valence-electron chi connectivity index (χ4n) is 3.37. The molecule has 6 heteroatoms. The number of hydrogen-bond acceptors (Lipinski definition) is 5. The molecular formula is C21H21N3O2S. The third-order valence-electron chi connectivity index (χ3n) is 4.88. The number of carbonyl (C=O) groups excluding carboxylic acids is 1. The lowest BCUT2D eigenvalue weighted by molar-refractivity contribution is -0.126. The van der Waals surface area contributed by atoms with E-state index in [1.807, 2.05) is 30.3 Å². The third-order valence-corrected chi connectivity index (χ3v) is 5.93. The highest BCUT2D eigenvalue weighted by atomic mass is 32.1. The van der Waals surface area contributed by atoms with Crippen LogP contribution in [0.4, 0.5) is 0 Å². The minimum atomic E-state index is 0.0534. The molecule has 0 bridgehead atoms. The molecule has 0 atom stereocenters. The van der Waals surface area contributed by atoms with Gasteiger partial charge in [-0.15, -0.1) is 17.8 Å². The van der Waals surface area contributed by atoms with E-state index < -0.39 is 0 Å². The summed E-state index contributed by atoms with van der Waals surface area (Å²) < 4.78 is 7.02. The monoisotopic (exact) mass is 379 g/mol. The normalized spacial score (nSPS) is 15.7. The van der Waals surface area contributed by atoms with Gasteiger partial charge >= 0.3 is 0 Å². The number of piperidine rings is 1. The van der Waals surface area contributed by atoms with E-state index in [4.69, 9.17) is 10.8 Å². The van der Waals surface area contributed by atoms with Crippen molar-refractivity contribution in [2.45, 2.75) is 19.4 Å². The lowest BCUT2D eigenvalue weighted by atomic mass is 9.96. The number of hydrogen-bond donors (Lipinski definition) is 1. The van der Waals surface area contributed by atoms with Crippen LogP contribution in [-0.2, 0) is 11.3 Å². The second-order valence-electron chi connectivity index (χ2n) is 6.73. The minimum absolute atomic E-state index is 0.0534. The molecule has 2 aromatic heterocycles. The summed E-state index contributed by atoms with van der Waals surface area (Å²) in [4.78, 5) is 19.2. The predicted molar refractivity (Wildman–Crippen MR) is 107 cm³/mol. The van der Waals surface area contributed by atoms with Crippen molar-refractivity contribution in [3.05, 3.63) is 42.2 Å². The predicted octanol–water partition coefficient (Wildman–Crippen LogP) is 3.52. The Balaban J connectivity index is 1.33. The molecule has 0 unspecified atom stereocenters. The van der Waals surface area contributed by atoms with E-state index in [2.05, 4.69) is 27.2 Å². The van der Waals surface area contributed by atoms with Gasteiger partial charge in [0.2, 0.25) is 5.91 Å². The first-order chi connectivity index (χ1) is 13.2. The zero-order valence-corrected chi connectivity index (χ0v) is 15.8. The first-order valence-electron chi connectivity index (χ1n) is 9.11. The number of amides is 1. The summed E-state index contributed by atoms with van der Waals surface area (Å²) in [5, 5.41) is 3.85. The SMILES string of the molecule is C#CCN1CCC(C(=O)NCc2ccc(-c3nc4ccccc4s3)o2)CC1. The Morgan fingerprint density at radius 1 is 1.30 bits per heavy atom. The molecule has 1 N–H and O–H groups in total. The number of terminal acetylenes is 1. The van der Waals surface area contributed by atoms with Gasteiger partial charge < -0.3 is 9.73 Å². The Labute approximate surface area is 162 Å². The summed E-state index contributed by atoms with van der Waals surface area (Å²) in [6.45, 7) is 2.82. The molecule has 1 amide bonds. The number of likely N-dealkylation sites (tertiary alicyclic amines) is 1. The zero-order valence-electron chi connectivity index (χ0n) is 15.0. The summed E-state index contributed by atoms with van der Waals surface area (Å²) in [5.74, 6) is 4.28. The van der Waals surface area contributed by atoms with Crippen LogP contribution in [0.2, 0.25) is 0 Å². The Kier molecular flexibility index (Phi) is 5.23. The largest absolute Gasteiger partial charge is 0.457 e. The molecule has 1 saturated heterocycles. The van der Waals surface area contributed by atoms with Gasteiger partial charge in [-0.2, -0.15) is 0 Å². The first-order valence-corrected chi connectivity index (χ1v) is 9.93. The van der Waals surface area contributed by atoms with Gasteiger partial charge in [-0.1, -0.05) is 18.1 Å². The molecule has 0 aliphatic carbocycles. The molecule has 5 nitrogen and oxygen atoms in total. The molecule has 0 spiro atoms. The van der Waals surface area contributed by atoms with E-state index in [-0.39, 0.29) is 11.8 Å². The van der Waals surface area contributed by atoms with E-state index in [0.29, 0.717) is 13.1 Å². The van der Waals surface area contributed by atoms with Crippen LogP contribution >= 0.6 is 11.3 Å². The van der Waals surface area contributed by atoms with Crippen molar-refractivity contribution in [2.24, 2.45) is 5.92 Å². The number of para-hydroxylation sites is 1. The lowest BCUT2D eigenvalue weighted by Crippen LogP contribution is -2.40. The van der Waals surface area contributed by atoms with Crippen molar-refractivity contribution < 1.29 is 9.21 Å². The van der Waals surface area contributed by atoms with Gasteiger partial charge in [0.15, 0.2) is 10.8 Å². The molecule has 3 aromatic rings. The Bertz CT molecular complexity index is 944. The van der Waals surface area contributed by atoms with Crippen molar-refractivity contribution in [1.82, 2.24) is 15.2 Å². The Morgan fingerprint density at radius 3 is 2.89 bits per heavy atom. The number of benzene rings is 1. The van der Waals surface area contributed by atoms with Crippen molar-refractivity contribution >= 4 is 27.5 Å². The second-order valence-corrected chi connectivity index (χ2v) is 7.76. The minimum Gasteiger partial charge on any atom is -0.457 e. The van der Waals surface area contributed by atoms with Crippen molar-refractivity contribution in [3.8, 4) is 23.1 Å². The summed E-state index contributed by atoms with van der Waals surface area (Å²) >= 11 is 1.60. The average molecular weight is 379 g/mol. The number of rotatable bonds is 5. The molecule has 0 radical (unpaired) electrons. The topological polar surface area (TPSA) is 58.4 Å². The van der Waals surface area contributed by atoms with Gasteiger partial charge in [0.1, 0.15) is 5.76 Å². The van der Waals surface area contributed by atoms with Crippen LogP contribution < -0.4 is 5.32 Å². The van der Waals surface area contributed by atoms with Crippen LogP contribution in [0.3, 0.4) is 0 Å². The summed E-state index contributed by atoms with van der Waals surface area (Å²) in [5.41, 5.74) is 0.972. The van der Waals surface area contributed by atoms with Gasteiger partial charge in [-0.05, 0) is 50.2 Å². The zero-order chi connectivity index (χ0) is 18.6. The van der Waals surface area contributed by atoms with Crippen LogP contribution in [-0.4, -0.2) is 35.4 Å². The number of fused-ring (bicyclic) bond motifs is 1. The number of carbonyl (C=O) groups is 1. The van der Waals surface area contributed by atoms with Crippen LogP contribution in [0.15, 0.2) is 40.8 Å². The van der Waals surface area contributed by atoms with Crippen LogP contribution in [0, 0.1) is 18.3 Å². The van der Waals surface area contributed by atoms with Crippen LogP contribution in [0.25, 0.3) is 21.0 Å². The number of aromatic nitrogens is 1. The van der Waals surface area contributed by atoms with Gasteiger partial charge in [0.25, 0.3) is 0 Å². The second kappa shape index (κ2) is 7.95. The molecule has 3 heterocycles. The maximum absolute atomic E-state index is 12.4. The number of nitrogens with zero attached hydrogens (tertiary/aromatic N) is 2. The summed E-state index contributed by atoms with van der Waals surface area (Å²) in [6, 6.07) is 11.8. The highest BCUT2D eigenvalue weighted by Crippen LogP contribution is 2.31. The van der Waals surface area contributed by atoms with Gasteiger partial charge in [-0.3, -0.25) is 9.69 Å². The first kappa shape index (κ1) is 17.8. The van der Waals surface area contributed by atoms with E-state index in [1.54, 1.807) is 11.3 Å². The standard InChI is InChI=1S/C21H21N3O2S/c1-2-11-24-12-9-15(10-13-24)20(25)22-14-16-7-8-18(26-16)21-23-17-5-3-4-6-19(17)27-21/h1,3-8,15H,9-14H2,(H,22,25). The fraction of sp³-hybridized carbons (Fsp3) is 0.333. The number of nitrogens with one attached hydrogen (secondary N) is 1. The van der Waals surface area contributed by atoms with E-state index in [0.717, 1.165) is 52.7 Å². The number of thiazole rings is 1. The molecule has 1 aliphatic heterocycles. The maximum Gasteiger partial charge on any atom is 0.223 e. The van der Waals surface area contributed by atoms with E-state index in [9.17, 15) is 4.79 Å². The molecule has 1 fully saturated rings. The van der Waals surface area contributed by atoms with Crippen LogP contribution in [0.1, 0.15) is 18.6 Å². The molecule has 4 rings (SSSR count). The summed E-state index contributed by atoms with van der Waals surface area (Å²) in [7, 11) is 0. The molecule has 1 aliphatic rings. The van der Waals surface area contributed by atoms with Gasteiger partial charge in [-0.25, -0.2) is 4.98 Å². The van der Waals surface area contributed by atoms with Crippen molar-refractivity contribution in [3.63, 3.8) is 0 Å². The van der Waals surface area contributed by atoms with Crippen molar-refractivity contribution in [2.75, 3.05) is 19.6 Å². The molecule has 138 valence electrons. The quantitative estimate of drug-likeness (QED) is 0.689. The molecule has 27 heavy (non-hydrogen) atoms. The third kappa shape index (κ3) is 4.05. The molecule has 0 saturated carbocycles. The smallest absolute Gasteiger partial charge is 0.223 e. The van der Waals surface area contributed by atoms with Crippen LogP contribution in [0.5, 0.6) is 0 Å². The Hall–Kier alpha value is -2.62. The van der Waals surface area contributed by atoms with E-state index >= 15 is 0 Å². The van der Waals surface area contributed by atoms with Gasteiger partial charge in [0.05, 0.1) is 23.3 Å². The molecule has 1 aromatic carbocycles. The van der Waals surface area contributed by atoms with E-state index in [1.165, 1.54) is 0 Å².